The summed E-state index contributed by atoms with van der Waals surface area (Å²) >= 11 is 3.76. The first-order valence-corrected chi connectivity index (χ1v) is 6.71. The molecule has 0 amide bonds. The Bertz CT molecular complexity index is 321. The van der Waals surface area contributed by atoms with Gasteiger partial charge in [0.15, 0.2) is 0 Å². The Morgan fingerprint density at radius 2 is 2.33 bits per heavy atom. The molecule has 0 saturated heterocycles. The highest BCUT2D eigenvalue weighted by Crippen LogP contribution is 2.38. The first-order chi connectivity index (χ1) is 7.18. The molecule has 1 aromatic rings. The average molecular weight is 271 g/mol. The fraction of sp³-hybridized carbons (Fsp3) is 0.750. The SMILES string of the molecule is CC1C(Br)CCC1CCc1ccnn1C. The molecule has 0 bridgehead atoms. The van der Waals surface area contributed by atoms with Crippen LogP contribution in [0.5, 0.6) is 0 Å². The molecule has 1 aliphatic rings. The van der Waals surface area contributed by atoms with Crippen molar-refractivity contribution in [1.82, 2.24) is 9.78 Å². The summed E-state index contributed by atoms with van der Waals surface area (Å²) in [5.41, 5.74) is 1.36. The van der Waals surface area contributed by atoms with Crippen LogP contribution in [0.3, 0.4) is 0 Å². The zero-order valence-electron chi connectivity index (χ0n) is 9.49. The molecule has 15 heavy (non-hydrogen) atoms. The molecule has 3 atom stereocenters. The lowest BCUT2D eigenvalue weighted by Crippen LogP contribution is -2.12. The highest BCUT2D eigenvalue weighted by Gasteiger charge is 2.30. The number of nitrogens with zero attached hydrogens (tertiary/aromatic N) is 2. The largest absolute Gasteiger partial charge is 0.273 e. The van der Waals surface area contributed by atoms with E-state index in [0.717, 1.165) is 16.7 Å². The van der Waals surface area contributed by atoms with Crippen molar-refractivity contribution in [3.8, 4) is 0 Å². The van der Waals surface area contributed by atoms with Crippen molar-refractivity contribution in [2.75, 3.05) is 0 Å². The molecule has 84 valence electrons. The average Bonchev–Trinajstić information content (AvgIpc) is 2.74. The van der Waals surface area contributed by atoms with Gasteiger partial charge in [0.2, 0.25) is 0 Å². The first kappa shape index (κ1) is 11.2. The lowest BCUT2D eigenvalue weighted by molar-refractivity contribution is 0.393. The monoisotopic (exact) mass is 270 g/mol. The van der Waals surface area contributed by atoms with Gasteiger partial charge in [-0.15, -0.1) is 0 Å². The minimum absolute atomic E-state index is 0.744. The Morgan fingerprint density at radius 3 is 2.87 bits per heavy atom. The quantitative estimate of drug-likeness (QED) is 0.772. The second-order valence-electron chi connectivity index (χ2n) is 4.70. The van der Waals surface area contributed by atoms with E-state index in [1.54, 1.807) is 0 Å². The number of aromatic nitrogens is 2. The molecule has 0 spiro atoms. The Labute approximate surface area is 100 Å². The summed E-state index contributed by atoms with van der Waals surface area (Å²) in [6.45, 7) is 2.38. The number of alkyl halides is 1. The minimum atomic E-state index is 0.744. The summed E-state index contributed by atoms with van der Waals surface area (Å²) < 4.78 is 1.99. The minimum Gasteiger partial charge on any atom is -0.273 e. The Kier molecular flexibility index (Phi) is 3.49. The van der Waals surface area contributed by atoms with Gasteiger partial charge in [0.25, 0.3) is 0 Å². The van der Waals surface area contributed by atoms with Crippen molar-refractivity contribution in [3.05, 3.63) is 18.0 Å². The predicted molar refractivity (Wildman–Crippen MR) is 66.1 cm³/mol. The molecule has 1 heterocycles. The first-order valence-electron chi connectivity index (χ1n) is 5.79. The predicted octanol–water partition coefficient (Wildman–Crippen LogP) is 3.16. The van der Waals surface area contributed by atoms with Gasteiger partial charge in [-0.25, -0.2) is 0 Å². The molecule has 3 heteroatoms. The van der Waals surface area contributed by atoms with Crippen molar-refractivity contribution < 1.29 is 0 Å². The topological polar surface area (TPSA) is 17.8 Å². The highest BCUT2D eigenvalue weighted by atomic mass is 79.9. The molecule has 0 radical (unpaired) electrons. The molecule has 1 fully saturated rings. The third kappa shape index (κ3) is 2.44. The van der Waals surface area contributed by atoms with Crippen molar-refractivity contribution >= 4 is 15.9 Å². The molecule has 0 aliphatic heterocycles. The highest BCUT2D eigenvalue weighted by molar-refractivity contribution is 9.09. The van der Waals surface area contributed by atoms with E-state index in [0.29, 0.717) is 0 Å². The molecule has 1 saturated carbocycles. The number of hydrogen-bond acceptors (Lipinski definition) is 1. The van der Waals surface area contributed by atoms with Gasteiger partial charge in [-0.2, -0.15) is 5.10 Å². The van der Waals surface area contributed by atoms with Crippen LogP contribution in [-0.2, 0) is 13.5 Å². The summed E-state index contributed by atoms with van der Waals surface area (Å²) in [7, 11) is 2.03. The van der Waals surface area contributed by atoms with E-state index in [1.165, 1.54) is 31.4 Å². The normalized spacial score (nSPS) is 31.0. The molecule has 3 unspecified atom stereocenters. The Balaban J connectivity index is 1.86. The van der Waals surface area contributed by atoms with E-state index in [-0.39, 0.29) is 0 Å². The van der Waals surface area contributed by atoms with E-state index in [2.05, 4.69) is 34.0 Å². The van der Waals surface area contributed by atoms with Crippen LogP contribution in [0.2, 0.25) is 0 Å². The van der Waals surface area contributed by atoms with Gasteiger partial charge >= 0.3 is 0 Å². The van der Waals surface area contributed by atoms with Crippen LogP contribution in [0, 0.1) is 11.8 Å². The van der Waals surface area contributed by atoms with Crippen molar-refractivity contribution in [2.24, 2.45) is 18.9 Å². The van der Waals surface area contributed by atoms with Crippen LogP contribution in [-0.4, -0.2) is 14.6 Å². The van der Waals surface area contributed by atoms with Gasteiger partial charge in [-0.1, -0.05) is 22.9 Å². The van der Waals surface area contributed by atoms with Crippen molar-refractivity contribution in [2.45, 2.75) is 37.4 Å². The van der Waals surface area contributed by atoms with Gasteiger partial charge < -0.3 is 0 Å². The zero-order chi connectivity index (χ0) is 10.8. The van der Waals surface area contributed by atoms with Gasteiger partial charge in [-0.3, -0.25) is 4.68 Å². The van der Waals surface area contributed by atoms with E-state index >= 15 is 0 Å². The summed E-state index contributed by atoms with van der Waals surface area (Å²) in [5.74, 6) is 1.72. The molecule has 0 N–H and O–H groups in total. The standard InChI is InChI=1S/C12H19BrN2/c1-9-10(4-6-12(9)13)3-5-11-7-8-14-15(11)2/h7-10,12H,3-6H2,1-2H3. The molecular weight excluding hydrogens is 252 g/mol. The Morgan fingerprint density at radius 1 is 1.53 bits per heavy atom. The lowest BCUT2D eigenvalue weighted by atomic mass is 9.92. The summed E-state index contributed by atoms with van der Waals surface area (Å²) in [4.78, 5) is 0.744. The fourth-order valence-corrected chi connectivity index (χ4v) is 3.28. The van der Waals surface area contributed by atoms with Crippen LogP contribution in [0.1, 0.15) is 31.9 Å². The Hall–Kier alpha value is -0.310. The second kappa shape index (κ2) is 4.69. The summed E-state index contributed by atoms with van der Waals surface area (Å²) in [6, 6.07) is 2.13. The summed E-state index contributed by atoms with van der Waals surface area (Å²) in [6.07, 6.45) is 7.10. The van der Waals surface area contributed by atoms with Crippen LogP contribution in [0.15, 0.2) is 12.3 Å². The third-order valence-corrected chi connectivity index (χ3v) is 5.11. The van der Waals surface area contributed by atoms with E-state index < -0.39 is 0 Å². The third-order valence-electron chi connectivity index (χ3n) is 3.82. The van der Waals surface area contributed by atoms with E-state index in [1.807, 2.05) is 17.9 Å². The number of halogens is 1. The van der Waals surface area contributed by atoms with Crippen LogP contribution < -0.4 is 0 Å². The van der Waals surface area contributed by atoms with Crippen LogP contribution in [0.25, 0.3) is 0 Å². The van der Waals surface area contributed by atoms with Crippen LogP contribution >= 0.6 is 15.9 Å². The maximum atomic E-state index is 4.20. The fourth-order valence-electron chi connectivity index (χ4n) is 2.58. The van der Waals surface area contributed by atoms with Crippen LogP contribution in [0.4, 0.5) is 0 Å². The van der Waals surface area contributed by atoms with Gasteiger partial charge in [0.1, 0.15) is 0 Å². The second-order valence-corrected chi connectivity index (χ2v) is 5.87. The van der Waals surface area contributed by atoms with Crippen molar-refractivity contribution in [1.29, 1.82) is 0 Å². The molecule has 2 rings (SSSR count). The molecule has 2 nitrogen and oxygen atoms in total. The lowest BCUT2D eigenvalue weighted by Gasteiger charge is -2.16. The molecule has 1 aromatic heterocycles. The van der Waals surface area contributed by atoms with Gasteiger partial charge in [-0.05, 0) is 43.6 Å². The van der Waals surface area contributed by atoms with Crippen molar-refractivity contribution in [3.63, 3.8) is 0 Å². The number of rotatable bonds is 3. The molecular formula is C12H19BrN2. The molecule has 1 aliphatic carbocycles. The molecule has 0 aromatic carbocycles. The maximum absolute atomic E-state index is 4.20. The van der Waals surface area contributed by atoms with Gasteiger partial charge in [0.05, 0.1) is 0 Å². The van der Waals surface area contributed by atoms with E-state index in [4.69, 9.17) is 0 Å². The van der Waals surface area contributed by atoms with E-state index in [9.17, 15) is 0 Å². The summed E-state index contributed by atoms with van der Waals surface area (Å²) in [5, 5.41) is 4.20. The van der Waals surface area contributed by atoms with Gasteiger partial charge in [0, 0.05) is 23.8 Å². The smallest absolute Gasteiger partial charge is 0.0492 e. The number of hydrogen-bond donors (Lipinski definition) is 0. The number of aryl methyl sites for hydroxylation is 2. The maximum Gasteiger partial charge on any atom is 0.0492 e. The zero-order valence-corrected chi connectivity index (χ0v) is 11.1.